The molecule has 0 aliphatic carbocycles. The van der Waals surface area contributed by atoms with Crippen LogP contribution in [0.25, 0.3) is 0 Å². The highest BCUT2D eigenvalue weighted by molar-refractivity contribution is 5.77. The Labute approximate surface area is 184 Å². The van der Waals surface area contributed by atoms with Crippen molar-refractivity contribution in [2.45, 2.75) is 20.0 Å². The first kappa shape index (κ1) is 22.4. The molecule has 0 aliphatic rings. The molecule has 0 radical (unpaired) electrons. The van der Waals surface area contributed by atoms with E-state index in [2.05, 4.69) is 0 Å². The van der Waals surface area contributed by atoms with E-state index >= 15 is 0 Å². The second-order valence-corrected chi connectivity index (χ2v) is 7.03. The van der Waals surface area contributed by atoms with Gasteiger partial charge in [-0.25, -0.2) is 0 Å². The number of carbonyl (C=O) groups excluding carboxylic acids is 1. The Bertz CT molecular complexity index is 856. The van der Waals surface area contributed by atoms with Crippen LogP contribution in [0.1, 0.15) is 18.1 Å². The molecule has 0 saturated heterocycles. The number of ether oxygens (including phenoxy) is 3. The molecule has 0 N–H and O–H groups in total. The first-order chi connectivity index (χ1) is 15.2. The zero-order chi connectivity index (χ0) is 21.7. The normalized spacial score (nSPS) is 10.5. The van der Waals surface area contributed by atoms with Crippen LogP contribution in [0.2, 0.25) is 0 Å². The lowest BCUT2D eigenvalue weighted by molar-refractivity contribution is -0.134. The van der Waals surface area contributed by atoms with Crippen LogP contribution >= 0.6 is 0 Å². The Balaban J connectivity index is 1.56. The SMILES string of the molecule is CCOCCOc1ccc(OCC(=O)N(Cc2ccccc2)Cc2ccccc2)cc1. The van der Waals surface area contributed by atoms with Crippen LogP contribution in [0.3, 0.4) is 0 Å². The first-order valence-corrected chi connectivity index (χ1v) is 10.5. The number of hydrogen-bond acceptors (Lipinski definition) is 4. The second-order valence-electron chi connectivity index (χ2n) is 7.03. The lowest BCUT2D eigenvalue weighted by Crippen LogP contribution is -2.34. The van der Waals surface area contributed by atoms with E-state index in [1.807, 2.05) is 96.8 Å². The van der Waals surface area contributed by atoms with Gasteiger partial charge in [0.25, 0.3) is 5.91 Å². The van der Waals surface area contributed by atoms with Crippen molar-refractivity contribution in [3.05, 3.63) is 96.1 Å². The van der Waals surface area contributed by atoms with Gasteiger partial charge in [-0.15, -0.1) is 0 Å². The monoisotopic (exact) mass is 419 g/mol. The molecule has 0 heterocycles. The summed E-state index contributed by atoms with van der Waals surface area (Å²) in [7, 11) is 0. The molecule has 3 aromatic rings. The number of benzene rings is 3. The molecular weight excluding hydrogens is 390 g/mol. The minimum atomic E-state index is -0.0650. The molecule has 31 heavy (non-hydrogen) atoms. The van der Waals surface area contributed by atoms with Crippen LogP contribution in [0.4, 0.5) is 0 Å². The molecule has 0 aliphatic heterocycles. The Morgan fingerprint density at radius 2 is 1.23 bits per heavy atom. The molecule has 5 nitrogen and oxygen atoms in total. The second kappa shape index (κ2) is 12.4. The van der Waals surface area contributed by atoms with E-state index < -0.39 is 0 Å². The van der Waals surface area contributed by atoms with Gasteiger partial charge in [-0.05, 0) is 42.3 Å². The molecule has 3 aromatic carbocycles. The van der Waals surface area contributed by atoms with Crippen molar-refractivity contribution in [2.24, 2.45) is 0 Å². The molecule has 0 unspecified atom stereocenters. The summed E-state index contributed by atoms with van der Waals surface area (Å²) in [5, 5.41) is 0. The van der Waals surface area contributed by atoms with Gasteiger partial charge in [-0.3, -0.25) is 4.79 Å². The molecule has 3 rings (SSSR count). The van der Waals surface area contributed by atoms with E-state index in [4.69, 9.17) is 14.2 Å². The summed E-state index contributed by atoms with van der Waals surface area (Å²) in [5.74, 6) is 1.31. The van der Waals surface area contributed by atoms with E-state index in [-0.39, 0.29) is 12.5 Å². The molecule has 0 aromatic heterocycles. The topological polar surface area (TPSA) is 48.0 Å². The molecule has 0 spiro atoms. The Morgan fingerprint density at radius 3 is 1.74 bits per heavy atom. The number of nitrogens with zero attached hydrogens (tertiary/aromatic N) is 1. The molecule has 162 valence electrons. The van der Waals surface area contributed by atoms with E-state index in [1.54, 1.807) is 0 Å². The molecule has 0 fully saturated rings. The maximum absolute atomic E-state index is 13.0. The van der Waals surface area contributed by atoms with E-state index in [9.17, 15) is 4.79 Å². The fourth-order valence-corrected chi connectivity index (χ4v) is 3.07. The Morgan fingerprint density at radius 1 is 0.710 bits per heavy atom. The molecule has 1 amide bonds. The number of amides is 1. The van der Waals surface area contributed by atoms with Crippen LogP contribution in [0.15, 0.2) is 84.9 Å². The zero-order valence-corrected chi connectivity index (χ0v) is 17.9. The number of hydrogen-bond donors (Lipinski definition) is 0. The van der Waals surface area contributed by atoms with Gasteiger partial charge in [0.15, 0.2) is 6.61 Å². The van der Waals surface area contributed by atoms with Crippen molar-refractivity contribution >= 4 is 5.91 Å². The molecule has 0 saturated carbocycles. The smallest absolute Gasteiger partial charge is 0.261 e. The third-order valence-electron chi connectivity index (χ3n) is 4.67. The highest BCUT2D eigenvalue weighted by atomic mass is 16.5. The van der Waals surface area contributed by atoms with Crippen molar-refractivity contribution < 1.29 is 19.0 Å². The first-order valence-electron chi connectivity index (χ1n) is 10.5. The highest BCUT2D eigenvalue weighted by Crippen LogP contribution is 2.18. The van der Waals surface area contributed by atoms with Crippen LogP contribution in [0, 0.1) is 0 Å². The van der Waals surface area contributed by atoms with Gasteiger partial charge in [0, 0.05) is 19.7 Å². The third kappa shape index (κ3) is 7.79. The summed E-state index contributed by atoms with van der Waals surface area (Å²) in [6, 6.07) is 27.2. The molecule has 0 atom stereocenters. The summed E-state index contributed by atoms with van der Waals surface area (Å²) < 4.78 is 16.6. The van der Waals surface area contributed by atoms with Crippen LogP contribution in [-0.4, -0.2) is 37.2 Å². The highest BCUT2D eigenvalue weighted by Gasteiger charge is 2.15. The minimum Gasteiger partial charge on any atom is -0.491 e. The predicted octanol–water partition coefficient (Wildman–Crippen LogP) is 4.71. The van der Waals surface area contributed by atoms with E-state index in [1.165, 1.54) is 0 Å². The maximum atomic E-state index is 13.0. The zero-order valence-electron chi connectivity index (χ0n) is 17.9. The quantitative estimate of drug-likeness (QED) is 0.399. The molecule has 5 heteroatoms. The van der Waals surface area contributed by atoms with Crippen molar-refractivity contribution in [3.63, 3.8) is 0 Å². The summed E-state index contributed by atoms with van der Waals surface area (Å²) in [6.07, 6.45) is 0. The fourth-order valence-electron chi connectivity index (χ4n) is 3.07. The lowest BCUT2D eigenvalue weighted by Gasteiger charge is -2.23. The van der Waals surface area contributed by atoms with Crippen LogP contribution in [-0.2, 0) is 22.6 Å². The fraction of sp³-hybridized carbons (Fsp3) is 0.269. The standard InChI is InChI=1S/C26H29NO4/c1-2-29-17-18-30-24-13-15-25(16-14-24)31-21-26(28)27(19-22-9-5-3-6-10-22)20-23-11-7-4-8-12-23/h3-16H,2,17-21H2,1H3. The Hall–Kier alpha value is -3.31. The van der Waals surface area contributed by atoms with Gasteiger partial charge in [0.2, 0.25) is 0 Å². The molecular formula is C26H29NO4. The lowest BCUT2D eigenvalue weighted by atomic mass is 10.1. The van der Waals surface area contributed by atoms with Crippen LogP contribution in [0.5, 0.6) is 11.5 Å². The largest absolute Gasteiger partial charge is 0.491 e. The van der Waals surface area contributed by atoms with Crippen LogP contribution < -0.4 is 9.47 Å². The predicted molar refractivity (Wildman–Crippen MR) is 121 cm³/mol. The average Bonchev–Trinajstić information content (AvgIpc) is 2.82. The summed E-state index contributed by atoms with van der Waals surface area (Å²) >= 11 is 0. The van der Waals surface area contributed by atoms with Gasteiger partial charge in [-0.2, -0.15) is 0 Å². The number of rotatable bonds is 12. The summed E-state index contributed by atoms with van der Waals surface area (Å²) in [4.78, 5) is 14.8. The number of carbonyl (C=O) groups is 1. The summed E-state index contributed by atoms with van der Waals surface area (Å²) in [5.41, 5.74) is 2.17. The van der Waals surface area contributed by atoms with E-state index in [0.717, 1.165) is 16.9 Å². The minimum absolute atomic E-state index is 0.0236. The van der Waals surface area contributed by atoms with Gasteiger partial charge >= 0.3 is 0 Å². The van der Waals surface area contributed by atoms with Gasteiger partial charge in [-0.1, -0.05) is 60.7 Å². The summed E-state index contributed by atoms with van der Waals surface area (Å²) in [6.45, 7) is 4.73. The Kier molecular flexibility index (Phi) is 8.95. The van der Waals surface area contributed by atoms with Gasteiger partial charge in [0.05, 0.1) is 6.61 Å². The van der Waals surface area contributed by atoms with Gasteiger partial charge in [0.1, 0.15) is 18.1 Å². The third-order valence-corrected chi connectivity index (χ3v) is 4.67. The van der Waals surface area contributed by atoms with Crippen molar-refractivity contribution in [2.75, 3.05) is 26.4 Å². The van der Waals surface area contributed by atoms with E-state index in [0.29, 0.717) is 38.7 Å². The maximum Gasteiger partial charge on any atom is 0.261 e. The average molecular weight is 420 g/mol. The van der Waals surface area contributed by atoms with Gasteiger partial charge < -0.3 is 19.1 Å². The van der Waals surface area contributed by atoms with Crippen molar-refractivity contribution in [1.29, 1.82) is 0 Å². The van der Waals surface area contributed by atoms with Crippen molar-refractivity contribution in [3.8, 4) is 11.5 Å². The molecule has 0 bridgehead atoms. The van der Waals surface area contributed by atoms with Crippen molar-refractivity contribution in [1.82, 2.24) is 4.90 Å².